The van der Waals surface area contributed by atoms with E-state index in [1.54, 1.807) is 11.3 Å². The Morgan fingerprint density at radius 1 is 0.350 bits per heavy atom. The Hall–Kier alpha value is -7.73. The van der Waals surface area contributed by atoms with E-state index >= 15 is 0 Å². The molecule has 0 unspecified atom stereocenters. The van der Waals surface area contributed by atoms with E-state index in [0.29, 0.717) is 17.5 Å². The highest BCUT2D eigenvalue weighted by molar-refractivity contribution is 7.26. The first-order valence-corrected chi connectivity index (χ1v) is 20.9. The Balaban J connectivity index is 1.08. The second kappa shape index (κ2) is 14.0. The van der Waals surface area contributed by atoms with Crippen LogP contribution in [0.25, 0.3) is 120 Å². The number of rotatable bonds is 6. The van der Waals surface area contributed by atoms with Gasteiger partial charge < -0.3 is 4.42 Å². The van der Waals surface area contributed by atoms with Crippen LogP contribution in [0.2, 0.25) is 0 Å². The minimum atomic E-state index is 0.564. The molecular formula is C55H33N3OS. The van der Waals surface area contributed by atoms with Gasteiger partial charge in [0, 0.05) is 42.1 Å². The number of fused-ring (bicyclic) bond motifs is 7. The Labute approximate surface area is 349 Å². The Morgan fingerprint density at radius 3 is 1.75 bits per heavy atom. The topological polar surface area (TPSA) is 51.8 Å². The molecule has 5 heteroatoms. The molecule has 4 nitrogen and oxygen atoms in total. The third-order valence-electron chi connectivity index (χ3n) is 11.5. The quantitative estimate of drug-likeness (QED) is 0.169. The van der Waals surface area contributed by atoms with Gasteiger partial charge in [-0.1, -0.05) is 170 Å². The molecule has 3 heterocycles. The van der Waals surface area contributed by atoms with Gasteiger partial charge in [0.1, 0.15) is 11.2 Å². The molecule has 0 saturated carbocycles. The summed E-state index contributed by atoms with van der Waals surface area (Å²) in [4.78, 5) is 15.9. The van der Waals surface area contributed by atoms with Crippen LogP contribution >= 0.6 is 11.3 Å². The van der Waals surface area contributed by atoms with Crippen LogP contribution in [0.3, 0.4) is 0 Å². The molecule has 280 valence electrons. The molecule has 12 aromatic rings. The van der Waals surface area contributed by atoms with Gasteiger partial charge in [0.25, 0.3) is 0 Å². The van der Waals surface area contributed by atoms with E-state index in [-0.39, 0.29) is 0 Å². The summed E-state index contributed by atoms with van der Waals surface area (Å²) < 4.78 is 9.11. The van der Waals surface area contributed by atoms with E-state index in [1.165, 1.54) is 37.7 Å². The molecule has 12 rings (SSSR count). The third-order valence-corrected chi connectivity index (χ3v) is 12.7. The van der Waals surface area contributed by atoms with Gasteiger partial charge in [-0.2, -0.15) is 0 Å². The SMILES string of the molecule is c1ccc(-c2ccc3c(c2)oc2c(-c4nc(-c5ccccc5)nc(-c5c6ccccc6cc6c5sc5cc(-c7ccccc7-c7ccccc7)ccc56)n4)cccc23)cc1. The van der Waals surface area contributed by atoms with Crippen molar-refractivity contribution in [2.45, 2.75) is 0 Å². The molecule has 9 aromatic carbocycles. The summed E-state index contributed by atoms with van der Waals surface area (Å²) in [6.07, 6.45) is 0. The van der Waals surface area contributed by atoms with Crippen LogP contribution < -0.4 is 0 Å². The van der Waals surface area contributed by atoms with Gasteiger partial charge in [-0.3, -0.25) is 0 Å². The summed E-state index contributed by atoms with van der Waals surface area (Å²) in [6, 6.07) is 70.3. The van der Waals surface area contributed by atoms with Crippen molar-refractivity contribution < 1.29 is 4.42 Å². The number of thiophene rings is 1. The molecule has 60 heavy (non-hydrogen) atoms. The Kier molecular flexibility index (Phi) is 8.00. The summed E-state index contributed by atoms with van der Waals surface area (Å²) in [5.41, 5.74) is 11.4. The van der Waals surface area contributed by atoms with Crippen LogP contribution in [0.15, 0.2) is 205 Å². The van der Waals surface area contributed by atoms with Crippen molar-refractivity contribution in [3.05, 3.63) is 200 Å². The summed E-state index contributed by atoms with van der Waals surface area (Å²) >= 11 is 1.80. The number of benzene rings is 9. The number of furan rings is 1. The number of para-hydroxylation sites is 1. The molecule has 0 bridgehead atoms. The molecule has 0 spiro atoms. The number of hydrogen-bond acceptors (Lipinski definition) is 5. The van der Waals surface area contributed by atoms with Crippen molar-refractivity contribution in [2.24, 2.45) is 0 Å². The molecule has 0 atom stereocenters. The summed E-state index contributed by atoms with van der Waals surface area (Å²) in [5.74, 6) is 1.80. The van der Waals surface area contributed by atoms with Crippen LogP contribution in [-0.2, 0) is 0 Å². The lowest BCUT2D eigenvalue weighted by Crippen LogP contribution is -2.01. The molecule has 3 aromatic heterocycles. The molecule has 0 radical (unpaired) electrons. The van der Waals surface area contributed by atoms with Gasteiger partial charge in [0.15, 0.2) is 17.5 Å². The number of nitrogens with zero attached hydrogens (tertiary/aromatic N) is 3. The average Bonchev–Trinajstić information content (AvgIpc) is 3.89. The molecule has 0 fully saturated rings. The highest BCUT2D eigenvalue weighted by Gasteiger charge is 2.22. The van der Waals surface area contributed by atoms with Gasteiger partial charge >= 0.3 is 0 Å². The van der Waals surface area contributed by atoms with Crippen molar-refractivity contribution in [1.29, 1.82) is 0 Å². The van der Waals surface area contributed by atoms with Crippen LogP contribution in [0.5, 0.6) is 0 Å². The largest absolute Gasteiger partial charge is 0.455 e. The maximum absolute atomic E-state index is 6.76. The summed E-state index contributed by atoms with van der Waals surface area (Å²) in [6.45, 7) is 0. The van der Waals surface area contributed by atoms with Crippen molar-refractivity contribution in [2.75, 3.05) is 0 Å². The minimum Gasteiger partial charge on any atom is -0.455 e. The second-order valence-electron chi connectivity index (χ2n) is 15.1. The van der Waals surface area contributed by atoms with Gasteiger partial charge in [-0.05, 0) is 74.5 Å². The first-order chi connectivity index (χ1) is 29.7. The highest BCUT2D eigenvalue weighted by atomic mass is 32.1. The molecular weight excluding hydrogens is 751 g/mol. The lowest BCUT2D eigenvalue weighted by Gasteiger charge is -2.12. The normalized spacial score (nSPS) is 11.7. The zero-order valence-electron chi connectivity index (χ0n) is 32.2. The van der Waals surface area contributed by atoms with Crippen LogP contribution in [0, 0.1) is 0 Å². The zero-order valence-corrected chi connectivity index (χ0v) is 33.0. The van der Waals surface area contributed by atoms with E-state index in [1.807, 2.05) is 24.3 Å². The maximum Gasteiger partial charge on any atom is 0.167 e. The summed E-state index contributed by atoms with van der Waals surface area (Å²) in [7, 11) is 0. The minimum absolute atomic E-state index is 0.564. The van der Waals surface area contributed by atoms with Crippen LogP contribution in [-0.4, -0.2) is 15.0 Å². The zero-order chi connectivity index (χ0) is 39.6. The van der Waals surface area contributed by atoms with Gasteiger partial charge in [0.2, 0.25) is 0 Å². The van der Waals surface area contributed by atoms with E-state index in [0.717, 1.165) is 65.2 Å². The van der Waals surface area contributed by atoms with Gasteiger partial charge in [-0.25, -0.2) is 15.0 Å². The third kappa shape index (κ3) is 5.70. The Morgan fingerprint density at radius 2 is 0.950 bits per heavy atom. The van der Waals surface area contributed by atoms with E-state index < -0.39 is 0 Å². The first kappa shape index (κ1) is 34.3. The van der Waals surface area contributed by atoms with Gasteiger partial charge in [-0.15, -0.1) is 11.3 Å². The molecule has 0 aliphatic rings. The fourth-order valence-corrected chi connectivity index (χ4v) is 9.95. The number of aromatic nitrogens is 3. The fraction of sp³-hybridized carbons (Fsp3) is 0. The first-order valence-electron chi connectivity index (χ1n) is 20.1. The predicted octanol–water partition coefficient (Wildman–Crippen LogP) is 15.3. The number of hydrogen-bond donors (Lipinski definition) is 0. The van der Waals surface area contributed by atoms with Crippen molar-refractivity contribution >= 4 is 64.2 Å². The second-order valence-corrected chi connectivity index (χ2v) is 16.2. The molecule has 0 aliphatic carbocycles. The van der Waals surface area contributed by atoms with Crippen LogP contribution in [0.1, 0.15) is 0 Å². The Bertz CT molecular complexity index is 3590. The van der Waals surface area contributed by atoms with E-state index in [9.17, 15) is 0 Å². The standard InChI is InChI=1S/C55H33N3OS/c1-4-15-34(16-5-1)37-27-29-43-45-25-14-26-46(51(45)59-48(43)32-37)54-56-53(36-19-8-3-9-20-36)57-55(58-54)50-42-24-11-10-21-38(42)31-47-44-30-28-39(33-49(44)60-52(47)50)41-23-13-12-22-40(41)35-17-6-2-7-18-35/h1-33H. The van der Waals surface area contributed by atoms with Crippen molar-refractivity contribution in [3.63, 3.8) is 0 Å². The molecule has 0 aliphatic heterocycles. The van der Waals surface area contributed by atoms with Crippen molar-refractivity contribution in [3.8, 4) is 67.5 Å². The monoisotopic (exact) mass is 783 g/mol. The predicted molar refractivity (Wildman–Crippen MR) is 250 cm³/mol. The van der Waals surface area contributed by atoms with E-state index in [4.69, 9.17) is 19.4 Å². The maximum atomic E-state index is 6.76. The fourth-order valence-electron chi connectivity index (χ4n) is 8.68. The highest BCUT2D eigenvalue weighted by Crippen LogP contribution is 2.46. The van der Waals surface area contributed by atoms with Gasteiger partial charge in [0.05, 0.1) is 5.56 Å². The molecule has 0 saturated heterocycles. The van der Waals surface area contributed by atoms with E-state index in [2.05, 4.69) is 176 Å². The summed E-state index contributed by atoms with van der Waals surface area (Å²) in [5, 5.41) is 6.70. The lowest BCUT2D eigenvalue weighted by molar-refractivity contribution is 0.669. The van der Waals surface area contributed by atoms with Crippen LogP contribution in [0.4, 0.5) is 0 Å². The average molecular weight is 784 g/mol. The van der Waals surface area contributed by atoms with Crippen molar-refractivity contribution in [1.82, 2.24) is 15.0 Å². The molecule has 0 N–H and O–H groups in total. The molecule has 0 amide bonds. The lowest BCUT2D eigenvalue weighted by atomic mass is 9.94. The smallest absolute Gasteiger partial charge is 0.167 e.